The third-order valence-corrected chi connectivity index (χ3v) is 10.8. The van der Waals surface area contributed by atoms with Crippen LogP contribution in [0.4, 0.5) is 5.69 Å². The lowest BCUT2D eigenvalue weighted by Crippen LogP contribution is -2.25. The SMILES string of the molecule is [C-]#[N+]c1ccc(-c2cc(-c3ccc(C#N)cc3)nc(-c3cccc(-c4ccc5c(c4)C4(c6ccccc6-c6ccccc64)c4ccccc4-5)c3)n2)cc1. The van der Waals surface area contributed by atoms with Gasteiger partial charge in [-0.15, -0.1) is 0 Å². The molecule has 0 atom stereocenters. The van der Waals surface area contributed by atoms with E-state index in [9.17, 15) is 5.26 Å². The lowest BCUT2D eigenvalue weighted by atomic mass is 9.70. The first-order chi connectivity index (χ1) is 26.1. The average Bonchev–Trinajstić information content (AvgIpc) is 3.71. The van der Waals surface area contributed by atoms with Gasteiger partial charge in [-0.3, -0.25) is 0 Å². The van der Waals surface area contributed by atoms with E-state index in [2.05, 4.69) is 126 Å². The van der Waals surface area contributed by atoms with Gasteiger partial charge in [0.05, 0.1) is 35.0 Å². The zero-order chi connectivity index (χ0) is 35.5. The highest BCUT2D eigenvalue weighted by atomic mass is 14.9. The van der Waals surface area contributed by atoms with Crippen LogP contribution in [0, 0.1) is 17.9 Å². The quantitative estimate of drug-likeness (QED) is 0.175. The molecule has 0 unspecified atom stereocenters. The van der Waals surface area contributed by atoms with Crippen molar-refractivity contribution in [3.63, 3.8) is 0 Å². The van der Waals surface area contributed by atoms with Crippen molar-refractivity contribution < 1.29 is 0 Å². The molecule has 1 spiro atoms. The van der Waals surface area contributed by atoms with Crippen molar-refractivity contribution in [3.05, 3.63) is 209 Å². The van der Waals surface area contributed by atoms with Gasteiger partial charge in [0.1, 0.15) is 0 Å². The number of benzene rings is 7. The Morgan fingerprint density at radius 1 is 0.453 bits per heavy atom. The van der Waals surface area contributed by atoms with Gasteiger partial charge in [0.25, 0.3) is 0 Å². The lowest BCUT2D eigenvalue weighted by molar-refractivity contribution is 0.794. The Balaban J connectivity index is 1.13. The van der Waals surface area contributed by atoms with E-state index in [1.807, 2.05) is 54.6 Å². The number of aromatic nitrogens is 2. The first kappa shape index (κ1) is 30.4. The molecule has 0 N–H and O–H groups in total. The van der Waals surface area contributed by atoms with E-state index in [-0.39, 0.29) is 0 Å². The Bertz CT molecular complexity index is 2710. The molecule has 10 rings (SSSR count). The van der Waals surface area contributed by atoms with Crippen LogP contribution in [0.25, 0.3) is 72.1 Å². The predicted molar refractivity (Wildman–Crippen MR) is 211 cm³/mol. The highest BCUT2D eigenvalue weighted by Crippen LogP contribution is 2.63. The van der Waals surface area contributed by atoms with E-state index in [4.69, 9.17) is 16.5 Å². The second kappa shape index (κ2) is 11.8. The summed E-state index contributed by atoms with van der Waals surface area (Å²) in [5.41, 5.74) is 17.5. The van der Waals surface area contributed by atoms with Crippen LogP contribution in [0.2, 0.25) is 0 Å². The maximum atomic E-state index is 9.39. The monoisotopic (exact) mass is 672 g/mol. The van der Waals surface area contributed by atoms with E-state index in [0.29, 0.717) is 17.1 Å². The number of hydrogen-bond acceptors (Lipinski definition) is 3. The minimum absolute atomic E-state index is 0.414. The summed E-state index contributed by atoms with van der Waals surface area (Å²) < 4.78 is 0. The minimum Gasteiger partial charge on any atom is -0.238 e. The van der Waals surface area contributed by atoms with Gasteiger partial charge in [-0.05, 0) is 91.5 Å². The topological polar surface area (TPSA) is 53.9 Å². The number of nitriles is 1. The third kappa shape index (κ3) is 4.60. The number of hydrogen-bond donors (Lipinski definition) is 0. The summed E-state index contributed by atoms with van der Waals surface area (Å²) in [6, 6.07) is 61.1. The number of rotatable bonds is 4. The molecule has 244 valence electrons. The standard InChI is InChI=1S/C49H28N4/c1-51-37-24-21-33(22-25-37)47-29-46(32-19-17-31(30-50)18-20-32)52-48(53-47)36-10-8-9-34(27-36)35-23-26-41-40-13-4-7-16-44(40)49(45(41)28-35)42-14-5-2-11-38(42)39-12-3-6-15-43(39)49/h2-29H. The average molecular weight is 673 g/mol. The molecule has 4 nitrogen and oxygen atoms in total. The fraction of sp³-hybridized carbons (Fsp3) is 0.0204. The van der Waals surface area contributed by atoms with Crippen LogP contribution in [0.1, 0.15) is 27.8 Å². The second-order valence-electron chi connectivity index (χ2n) is 13.5. The second-order valence-corrected chi connectivity index (χ2v) is 13.5. The predicted octanol–water partition coefficient (Wildman–Crippen LogP) is 11.9. The molecule has 0 saturated heterocycles. The van der Waals surface area contributed by atoms with Crippen LogP contribution < -0.4 is 0 Å². The Morgan fingerprint density at radius 3 is 1.51 bits per heavy atom. The molecule has 0 fully saturated rings. The molecule has 2 aliphatic rings. The van der Waals surface area contributed by atoms with E-state index in [1.165, 1.54) is 44.5 Å². The smallest absolute Gasteiger partial charge is 0.187 e. The molecule has 0 aliphatic heterocycles. The van der Waals surface area contributed by atoms with Gasteiger partial charge in [-0.25, -0.2) is 14.8 Å². The van der Waals surface area contributed by atoms with Crippen molar-refractivity contribution >= 4 is 5.69 Å². The number of nitrogens with zero attached hydrogens (tertiary/aromatic N) is 4. The molecule has 0 saturated carbocycles. The first-order valence-electron chi connectivity index (χ1n) is 17.6. The third-order valence-electron chi connectivity index (χ3n) is 10.8. The van der Waals surface area contributed by atoms with Crippen LogP contribution in [-0.4, -0.2) is 9.97 Å². The minimum atomic E-state index is -0.414. The summed E-state index contributed by atoms with van der Waals surface area (Å²) in [7, 11) is 0. The fourth-order valence-corrected chi connectivity index (χ4v) is 8.41. The molecule has 0 bridgehead atoms. The molecular formula is C49H28N4. The molecule has 1 aromatic heterocycles. The Kier molecular flexibility index (Phi) is 6.80. The van der Waals surface area contributed by atoms with Crippen molar-refractivity contribution in [1.82, 2.24) is 9.97 Å². The molecule has 0 amide bonds. The van der Waals surface area contributed by atoms with Crippen LogP contribution >= 0.6 is 0 Å². The summed E-state index contributed by atoms with van der Waals surface area (Å²) >= 11 is 0. The number of fused-ring (bicyclic) bond motifs is 10. The molecule has 0 radical (unpaired) electrons. The van der Waals surface area contributed by atoms with Gasteiger partial charge in [-0.2, -0.15) is 5.26 Å². The summed E-state index contributed by atoms with van der Waals surface area (Å²) in [5.74, 6) is 0.599. The van der Waals surface area contributed by atoms with Crippen LogP contribution in [0.15, 0.2) is 170 Å². The molecule has 4 heteroatoms. The van der Waals surface area contributed by atoms with Crippen LogP contribution in [-0.2, 0) is 5.41 Å². The normalized spacial score (nSPS) is 12.6. The largest absolute Gasteiger partial charge is 0.238 e. The van der Waals surface area contributed by atoms with Crippen molar-refractivity contribution in [1.29, 1.82) is 5.26 Å². The zero-order valence-electron chi connectivity index (χ0n) is 28.5. The van der Waals surface area contributed by atoms with Crippen molar-refractivity contribution in [2.75, 3.05) is 0 Å². The summed E-state index contributed by atoms with van der Waals surface area (Å²) in [6.07, 6.45) is 0. The summed E-state index contributed by atoms with van der Waals surface area (Å²) in [5, 5.41) is 9.39. The van der Waals surface area contributed by atoms with Crippen LogP contribution in [0.3, 0.4) is 0 Å². The molecule has 7 aromatic carbocycles. The molecule has 1 heterocycles. The zero-order valence-corrected chi connectivity index (χ0v) is 28.5. The van der Waals surface area contributed by atoms with E-state index >= 15 is 0 Å². The van der Waals surface area contributed by atoms with Gasteiger partial charge in [0.2, 0.25) is 0 Å². The fourth-order valence-electron chi connectivity index (χ4n) is 8.41. The van der Waals surface area contributed by atoms with Gasteiger partial charge in [0.15, 0.2) is 11.5 Å². The Labute approximate surface area is 307 Å². The van der Waals surface area contributed by atoms with E-state index < -0.39 is 5.41 Å². The summed E-state index contributed by atoms with van der Waals surface area (Å²) in [6.45, 7) is 7.40. The highest BCUT2D eigenvalue weighted by Gasteiger charge is 2.51. The summed E-state index contributed by atoms with van der Waals surface area (Å²) in [4.78, 5) is 13.7. The van der Waals surface area contributed by atoms with Crippen molar-refractivity contribution in [2.24, 2.45) is 0 Å². The lowest BCUT2D eigenvalue weighted by Gasteiger charge is -2.30. The molecule has 2 aliphatic carbocycles. The van der Waals surface area contributed by atoms with Crippen molar-refractivity contribution in [2.45, 2.75) is 5.41 Å². The Morgan fingerprint density at radius 2 is 0.943 bits per heavy atom. The van der Waals surface area contributed by atoms with E-state index in [0.717, 1.165) is 39.2 Å². The Hall–Kier alpha value is -7.40. The molecular weight excluding hydrogens is 645 g/mol. The van der Waals surface area contributed by atoms with Crippen LogP contribution in [0.5, 0.6) is 0 Å². The van der Waals surface area contributed by atoms with Gasteiger partial charge in [0, 0.05) is 11.1 Å². The van der Waals surface area contributed by atoms with Gasteiger partial charge >= 0.3 is 0 Å². The van der Waals surface area contributed by atoms with Gasteiger partial charge in [-0.1, -0.05) is 140 Å². The highest BCUT2D eigenvalue weighted by molar-refractivity contribution is 5.96. The molecule has 53 heavy (non-hydrogen) atoms. The molecule has 8 aromatic rings. The maximum absolute atomic E-state index is 9.39. The van der Waals surface area contributed by atoms with Gasteiger partial charge < -0.3 is 0 Å². The maximum Gasteiger partial charge on any atom is 0.187 e. The first-order valence-corrected chi connectivity index (χ1v) is 17.6. The van der Waals surface area contributed by atoms with Crippen molar-refractivity contribution in [3.8, 4) is 73.4 Å². The van der Waals surface area contributed by atoms with E-state index in [1.54, 1.807) is 0 Å².